The largest absolute Gasteiger partial charge is 0.306 e. The second-order valence-electron chi connectivity index (χ2n) is 3.20. The predicted molar refractivity (Wildman–Crippen MR) is 48.4 cm³/mol. The lowest BCUT2D eigenvalue weighted by molar-refractivity contribution is 0.394. The van der Waals surface area contributed by atoms with Crippen LogP contribution < -0.4 is 4.72 Å². The Bertz CT molecular complexity index is 242. The van der Waals surface area contributed by atoms with Gasteiger partial charge in [0.2, 0.25) is 0 Å². The molecule has 0 aromatic carbocycles. The van der Waals surface area contributed by atoms with E-state index < -0.39 is 9.24 Å². The molecule has 1 atom stereocenters. The van der Waals surface area contributed by atoms with E-state index in [0.717, 1.165) is 19.5 Å². The quantitative estimate of drug-likeness (QED) is 0.671. The van der Waals surface area contributed by atoms with Crippen LogP contribution in [0.25, 0.3) is 0 Å². The van der Waals surface area contributed by atoms with E-state index in [2.05, 4.69) is 9.62 Å². The molecule has 1 N–H and O–H groups in total. The van der Waals surface area contributed by atoms with Gasteiger partial charge >= 0.3 is 0 Å². The zero-order valence-electron chi connectivity index (χ0n) is 6.96. The topological polar surface area (TPSA) is 49.4 Å². The highest BCUT2D eigenvalue weighted by molar-refractivity contribution is 8.12. The summed E-state index contributed by atoms with van der Waals surface area (Å²) in [5.41, 5.74) is 0. The molecule has 0 bridgehead atoms. The zero-order chi connectivity index (χ0) is 9.19. The van der Waals surface area contributed by atoms with Crippen molar-refractivity contribution in [3.8, 4) is 0 Å². The molecule has 1 saturated heterocycles. The summed E-state index contributed by atoms with van der Waals surface area (Å²) in [7, 11) is 3.49. The van der Waals surface area contributed by atoms with E-state index in [1.54, 1.807) is 0 Å². The third kappa shape index (κ3) is 3.71. The van der Waals surface area contributed by atoms with Crippen LogP contribution in [0.15, 0.2) is 0 Å². The monoisotopic (exact) mass is 212 g/mol. The van der Waals surface area contributed by atoms with Gasteiger partial charge in [-0.1, -0.05) is 0 Å². The van der Waals surface area contributed by atoms with E-state index in [4.69, 9.17) is 10.7 Å². The molecule has 1 aliphatic heterocycles. The fraction of sp³-hybridized carbons (Fsp3) is 1.00. The van der Waals surface area contributed by atoms with Gasteiger partial charge < -0.3 is 4.90 Å². The van der Waals surface area contributed by atoms with Crippen molar-refractivity contribution >= 4 is 19.9 Å². The number of halogens is 1. The Morgan fingerprint density at radius 1 is 1.67 bits per heavy atom. The Morgan fingerprint density at radius 2 is 2.33 bits per heavy atom. The molecule has 1 unspecified atom stereocenters. The van der Waals surface area contributed by atoms with Crippen LogP contribution in [0.5, 0.6) is 0 Å². The van der Waals surface area contributed by atoms with Crippen molar-refractivity contribution in [3.63, 3.8) is 0 Å². The van der Waals surface area contributed by atoms with Crippen molar-refractivity contribution in [2.45, 2.75) is 6.42 Å². The van der Waals surface area contributed by atoms with Crippen LogP contribution in [0.3, 0.4) is 0 Å². The molecule has 1 fully saturated rings. The average Bonchev–Trinajstić information content (AvgIpc) is 2.30. The molecule has 0 amide bonds. The van der Waals surface area contributed by atoms with Gasteiger partial charge in [-0.25, -0.2) is 4.72 Å². The van der Waals surface area contributed by atoms with Gasteiger partial charge in [-0.05, 0) is 25.9 Å². The molecule has 0 spiro atoms. The third-order valence-electron chi connectivity index (χ3n) is 2.03. The van der Waals surface area contributed by atoms with Crippen LogP contribution >= 0.6 is 10.7 Å². The van der Waals surface area contributed by atoms with Gasteiger partial charge in [-0.2, -0.15) is 8.42 Å². The molecule has 1 rings (SSSR count). The molecule has 1 aliphatic rings. The summed E-state index contributed by atoms with van der Waals surface area (Å²) < 4.78 is 23.3. The van der Waals surface area contributed by atoms with Gasteiger partial charge in [0.15, 0.2) is 0 Å². The number of hydrogen-bond acceptors (Lipinski definition) is 3. The molecule has 0 aromatic rings. The van der Waals surface area contributed by atoms with Crippen molar-refractivity contribution in [2.24, 2.45) is 5.92 Å². The standard InChI is InChI=1S/C6H13ClN2O2S/c1-9-3-2-6(5-9)4-8-12(7,10)11/h6,8H,2-5H2,1H3. The first kappa shape index (κ1) is 10.2. The predicted octanol–water partition coefficient (Wildman–Crippen LogP) is 0.0113. The van der Waals surface area contributed by atoms with Gasteiger partial charge in [0.1, 0.15) is 0 Å². The summed E-state index contributed by atoms with van der Waals surface area (Å²) in [6, 6.07) is 0. The number of nitrogens with one attached hydrogen (secondary N) is 1. The highest BCUT2D eigenvalue weighted by Gasteiger charge is 2.20. The Kier molecular flexibility index (Phi) is 3.34. The van der Waals surface area contributed by atoms with Crippen LogP contribution in [0.4, 0.5) is 0 Å². The molecule has 6 heteroatoms. The van der Waals surface area contributed by atoms with Crippen LogP contribution in [-0.2, 0) is 9.24 Å². The fourth-order valence-electron chi connectivity index (χ4n) is 1.41. The third-order valence-corrected chi connectivity index (χ3v) is 2.87. The second kappa shape index (κ2) is 3.91. The maximum atomic E-state index is 10.5. The van der Waals surface area contributed by atoms with E-state index in [1.807, 2.05) is 7.05 Å². The average molecular weight is 213 g/mol. The fourth-order valence-corrected chi connectivity index (χ4v) is 2.03. The van der Waals surface area contributed by atoms with Crippen molar-refractivity contribution in [1.29, 1.82) is 0 Å². The molecule has 4 nitrogen and oxygen atoms in total. The Hall–Kier alpha value is 0.160. The Morgan fingerprint density at radius 3 is 2.75 bits per heavy atom. The normalized spacial score (nSPS) is 26.3. The van der Waals surface area contributed by atoms with E-state index in [-0.39, 0.29) is 0 Å². The molecule has 0 aliphatic carbocycles. The maximum absolute atomic E-state index is 10.5. The van der Waals surface area contributed by atoms with Gasteiger partial charge in [-0.15, -0.1) is 0 Å². The lowest BCUT2D eigenvalue weighted by Gasteiger charge is -2.09. The van der Waals surface area contributed by atoms with Gasteiger partial charge in [0.25, 0.3) is 9.24 Å². The zero-order valence-corrected chi connectivity index (χ0v) is 8.53. The van der Waals surface area contributed by atoms with Crippen molar-refractivity contribution in [3.05, 3.63) is 0 Å². The Balaban J connectivity index is 2.25. The molecular formula is C6H13ClN2O2S. The molecule has 0 aromatic heterocycles. The van der Waals surface area contributed by atoms with Crippen LogP contribution in [0.1, 0.15) is 6.42 Å². The Labute approximate surface area is 77.4 Å². The summed E-state index contributed by atoms with van der Waals surface area (Å²) >= 11 is 0. The van der Waals surface area contributed by atoms with Crippen LogP contribution in [-0.4, -0.2) is 40.0 Å². The summed E-state index contributed by atoms with van der Waals surface area (Å²) in [5.74, 6) is 0.406. The van der Waals surface area contributed by atoms with Crippen LogP contribution in [0, 0.1) is 5.92 Å². The van der Waals surface area contributed by atoms with Gasteiger partial charge in [-0.3, -0.25) is 0 Å². The first-order chi connectivity index (χ1) is 5.47. The molecule has 12 heavy (non-hydrogen) atoms. The number of likely N-dealkylation sites (tertiary alicyclic amines) is 1. The summed E-state index contributed by atoms with van der Waals surface area (Å²) in [6.07, 6.45) is 1.04. The molecule has 1 heterocycles. The second-order valence-corrected chi connectivity index (χ2v) is 5.59. The molecule has 0 radical (unpaired) electrons. The first-order valence-corrected chi connectivity index (χ1v) is 6.16. The lowest BCUT2D eigenvalue weighted by atomic mass is 10.1. The number of rotatable bonds is 3. The minimum Gasteiger partial charge on any atom is -0.306 e. The number of nitrogens with zero attached hydrogens (tertiary/aromatic N) is 1. The highest BCUT2D eigenvalue weighted by Crippen LogP contribution is 2.13. The van der Waals surface area contributed by atoms with E-state index in [9.17, 15) is 8.42 Å². The minimum atomic E-state index is -3.53. The SMILES string of the molecule is CN1CCC(CNS(=O)(=O)Cl)C1. The van der Waals surface area contributed by atoms with Gasteiger partial charge in [0, 0.05) is 23.8 Å². The minimum absolute atomic E-state index is 0.406. The summed E-state index contributed by atoms with van der Waals surface area (Å²) in [5, 5.41) is 0. The summed E-state index contributed by atoms with van der Waals surface area (Å²) in [4.78, 5) is 2.17. The smallest absolute Gasteiger partial charge is 0.297 e. The lowest BCUT2D eigenvalue weighted by Crippen LogP contribution is -2.27. The summed E-state index contributed by atoms with van der Waals surface area (Å²) in [6.45, 7) is 2.43. The van der Waals surface area contributed by atoms with E-state index in [0.29, 0.717) is 12.5 Å². The van der Waals surface area contributed by atoms with Crippen LogP contribution in [0.2, 0.25) is 0 Å². The van der Waals surface area contributed by atoms with E-state index >= 15 is 0 Å². The van der Waals surface area contributed by atoms with E-state index in [1.165, 1.54) is 0 Å². The van der Waals surface area contributed by atoms with Crippen molar-refractivity contribution in [2.75, 3.05) is 26.7 Å². The number of hydrogen-bond donors (Lipinski definition) is 1. The molecule has 0 saturated carbocycles. The van der Waals surface area contributed by atoms with Crippen molar-refractivity contribution in [1.82, 2.24) is 9.62 Å². The first-order valence-electron chi connectivity index (χ1n) is 3.85. The van der Waals surface area contributed by atoms with Crippen molar-refractivity contribution < 1.29 is 8.42 Å². The van der Waals surface area contributed by atoms with Gasteiger partial charge in [0.05, 0.1) is 0 Å². The molecule has 72 valence electrons. The highest BCUT2D eigenvalue weighted by atomic mass is 35.7. The maximum Gasteiger partial charge on any atom is 0.297 e. The molecular weight excluding hydrogens is 200 g/mol.